The zero-order valence-corrected chi connectivity index (χ0v) is 16.6. The molecule has 0 unspecified atom stereocenters. The van der Waals surface area contributed by atoms with Crippen LogP contribution in [0.5, 0.6) is 11.5 Å². The fraction of sp³-hybridized carbons (Fsp3) is 0.235. The Hall–Kier alpha value is -1.79. The summed E-state index contributed by atoms with van der Waals surface area (Å²) in [7, 11) is 1.63. The molecule has 1 radical (unpaired) electrons. The van der Waals surface area contributed by atoms with Crippen LogP contribution in [0.25, 0.3) is 0 Å². The Bertz CT molecular complexity index is 732. The Balaban J connectivity index is 0.00000288. The molecule has 0 N–H and O–H groups in total. The second-order valence-corrected chi connectivity index (χ2v) is 5.23. The normalized spacial score (nSPS) is 9.79. The number of aryl methyl sites for hydroxylation is 1. The Morgan fingerprint density at radius 3 is 2.58 bits per heavy atom. The molecule has 2 aromatic rings. The van der Waals surface area contributed by atoms with E-state index in [9.17, 15) is 14.9 Å². The van der Waals surface area contributed by atoms with Gasteiger partial charge in [0.2, 0.25) is 5.91 Å². The molecule has 0 aliphatic carbocycles. The van der Waals surface area contributed by atoms with Crippen molar-refractivity contribution in [1.82, 2.24) is 4.90 Å². The molecule has 0 heterocycles. The van der Waals surface area contributed by atoms with Crippen molar-refractivity contribution in [3.05, 3.63) is 63.7 Å². The number of amides is 1. The van der Waals surface area contributed by atoms with Crippen molar-refractivity contribution in [2.24, 2.45) is 0 Å². The summed E-state index contributed by atoms with van der Waals surface area (Å²) in [6, 6.07) is 12.7. The molecule has 0 aliphatic heterocycles. The van der Waals surface area contributed by atoms with Gasteiger partial charge in [0, 0.05) is 76.7 Å². The average molecular weight is 402 g/mol. The van der Waals surface area contributed by atoms with Gasteiger partial charge in [-0.05, 0) is 6.07 Å². The smallest absolute Gasteiger partial charge is 0.270 e. The summed E-state index contributed by atoms with van der Waals surface area (Å²) >= 11 is 0. The van der Waals surface area contributed by atoms with Gasteiger partial charge in [-0.1, -0.05) is 6.92 Å². The van der Waals surface area contributed by atoms with Crippen LogP contribution >= 0.6 is 0 Å². The van der Waals surface area contributed by atoms with Crippen molar-refractivity contribution in [3.8, 4) is 11.5 Å². The summed E-state index contributed by atoms with van der Waals surface area (Å²) in [6.07, 6.45) is 0. The molecule has 0 aromatic heterocycles. The van der Waals surface area contributed by atoms with E-state index in [4.69, 9.17) is 4.74 Å². The molecular weight excluding hydrogens is 385 g/mol. The van der Waals surface area contributed by atoms with Gasteiger partial charge in [-0.2, -0.15) is 17.7 Å². The maximum Gasteiger partial charge on any atom is 0.270 e. The summed E-state index contributed by atoms with van der Waals surface area (Å²) in [6.45, 7) is 3.58. The van der Waals surface area contributed by atoms with E-state index in [1.807, 2.05) is 13.0 Å². The molecule has 0 aliphatic rings. The number of carbonyl (C=O) groups excluding carboxylic acids is 1. The maximum atomic E-state index is 11.4. The zero-order chi connectivity index (χ0) is 17.0. The Labute approximate surface area is 165 Å². The summed E-state index contributed by atoms with van der Waals surface area (Å²) in [4.78, 5) is 23.4. The van der Waals surface area contributed by atoms with Crippen molar-refractivity contribution in [3.63, 3.8) is 0 Å². The first-order valence-electron chi connectivity index (χ1n) is 7.02. The summed E-state index contributed by atoms with van der Waals surface area (Å²) in [5.41, 5.74) is 1.51. The third kappa shape index (κ3) is 5.39. The number of hydrogen-bond donors (Lipinski definition) is 0. The second-order valence-electron chi connectivity index (χ2n) is 5.23. The van der Waals surface area contributed by atoms with E-state index in [0.29, 0.717) is 17.1 Å². The molecule has 0 spiro atoms. The molecule has 123 valence electrons. The number of rotatable bonds is 5. The van der Waals surface area contributed by atoms with Crippen LogP contribution in [0.15, 0.2) is 36.4 Å². The van der Waals surface area contributed by atoms with Gasteiger partial charge in [0.05, 0.1) is 4.92 Å². The summed E-state index contributed by atoms with van der Waals surface area (Å²) < 4.78 is 5.79. The van der Waals surface area contributed by atoms with Crippen LogP contribution in [-0.2, 0) is 44.0 Å². The van der Waals surface area contributed by atoms with E-state index in [2.05, 4.69) is 6.07 Å². The SMILES string of the molecule is CC(=O)N(C)Cc1cc([N+](=O)[O-])ccc1Oc1c[c-]c(C)cc1.[Y]. The number of carbonyl (C=O) groups is 1. The first-order chi connectivity index (χ1) is 10.9. The van der Waals surface area contributed by atoms with E-state index in [-0.39, 0.29) is 50.8 Å². The van der Waals surface area contributed by atoms with Crippen molar-refractivity contribution in [2.45, 2.75) is 20.4 Å². The van der Waals surface area contributed by atoms with Crippen LogP contribution in [-0.4, -0.2) is 22.8 Å². The molecule has 0 saturated heterocycles. The molecular formula is C17H17N2O4Y-. The average Bonchev–Trinajstić information content (AvgIpc) is 2.50. The zero-order valence-electron chi connectivity index (χ0n) is 13.8. The van der Waals surface area contributed by atoms with E-state index in [1.54, 1.807) is 25.2 Å². The number of benzene rings is 2. The van der Waals surface area contributed by atoms with E-state index < -0.39 is 4.92 Å². The molecule has 24 heavy (non-hydrogen) atoms. The minimum atomic E-state index is -0.472. The van der Waals surface area contributed by atoms with Crippen molar-refractivity contribution in [1.29, 1.82) is 0 Å². The molecule has 0 saturated carbocycles. The largest absolute Gasteiger partial charge is 0.516 e. The molecule has 1 amide bonds. The topological polar surface area (TPSA) is 72.7 Å². The first-order valence-corrected chi connectivity index (χ1v) is 7.02. The fourth-order valence-electron chi connectivity index (χ4n) is 1.95. The van der Waals surface area contributed by atoms with Gasteiger partial charge in [-0.15, -0.1) is 12.1 Å². The number of hydrogen-bond acceptors (Lipinski definition) is 4. The predicted molar refractivity (Wildman–Crippen MR) is 85.3 cm³/mol. The van der Waals surface area contributed by atoms with E-state index in [0.717, 1.165) is 5.56 Å². The number of non-ortho nitro benzene ring substituents is 1. The number of nitro benzene ring substituents is 1. The summed E-state index contributed by atoms with van der Waals surface area (Å²) in [5.74, 6) is 0.920. The Morgan fingerprint density at radius 1 is 1.33 bits per heavy atom. The molecule has 0 bridgehead atoms. The number of nitro groups is 1. The van der Waals surface area contributed by atoms with Gasteiger partial charge in [0.25, 0.3) is 5.69 Å². The Morgan fingerprint density at radius 2 is 2.04 bits per heavy atom. The van der Waals surface area contributed by atoms with Crippen LogP contribution in [0, 0.1) is 23.1 Å². The maximum absolute atomic E-state index is 11.4. The van der Waals surface area contributed by atoms with Crippen LogP contribution in [0.4, 0.5) is 5.69 Å². The van der Waals surface area contributed by atoms with Crippen LogP contribution in [0.2, 0.25) is 0 Å². The number of nitrogens with zero attached hydrogens (tertiary/aromatic N) is 2. The molecule has 6 nitrogen and oxygen atoms in total. The van der Waals surface area contributed by atoms with Gasteiger partial charge in [-0.25, -0.2) is 0 Å². The fourth-order valence-corrected chi connectivity index (χ4v) is 1.95. The predicted octanol–water partition coefficient (Wildman–Crippen LogP) is 3.47. The quantitative estimate of drug-likeness (QED) is 0.436. The molecule has 2 aromatic carbocycles. The minimum absolute atomic E-state index is 0. The standard InChI is InChI=1S/C17H17N2O4.Y/c1-12-4-7-16(8-5-12)23-17-9-6-15(19(21)22)10-14(17)11-18(3)13(2)20;/h4,6-10H,11H2,1-3H3;/q-1;. The van der Waals surface area contributed by atoms with E-state index in [1.165, 1.54) is 24.0 Å². The van der Waals surface area contributed by atoms with Gasteiger partial charge in [-0.3, -0.25) is 14.9 Å². The van der Waals surface area contributed by atoms with Crippen LogP contribution < -0.4 is 4.74 Å². The molecule has 2 rings (SSSR count). The van der Waals surface area contributed by atoms with E-state index >= 15 is 0 Å². The first kappa shape index (κ1) is 20.3. The van der Waals surface area contributed by atoms with Crippen molar-refractivity contribution >= 4 is 11.6 Å². The molecule has 7 heteroatoms. The molecule has 0 fully saturated rings. The summed E-state index contributed by atoms with van der Waals surface area (Å²) in [5, 5.41) is 11.0. The molecule has 0 atom stereocenters. The van der Waals surface area contributed by atoms with Gasteiger partial charge < -0.3 is 9.64 Å². The third-order valence-corrected chi connectivity index (χ3v) is 3.37. The van der Waals surface area contributed by atoms with Gasteiger partial charge in [0.1, 0.15) is 5.75 Å². The van der Waals surface area contributed by atoms with Crippen LogP contribution in [0.1, 0.15) is 18.1 Å². The Kier molecular flexibility index (Phi) is 7.51. The number of ether oxygens (including phenoxy) is 1. The third-order valence-electron chi connectivity index (χ3n) is 3.37. The minimum Gasteiger partial charge on any atom is -0.516 e. The van der Waals surface area contributed by atoms with Gasteiger partial charge >= 0.3 is 0 Å². The van der Waals surface area contributed by atoms with Crippen LogP contribution in [0.3, 0.4) is 0 Å². The monoisotopic (exact) mass is 402 g/mol. The van der Waals surface area contributed by atoms with Crippen molar-refractivity contribution in [2.75, 3.05) is 7.05 Å². The van der Waals surface area contributed by atoms with Crippen molar-refractivity contribution < 1.29 is 47.2 Å². The van der Waals surface area contributed by atoms with Gasteiger partial charge in [0.15, 0.2) is 0 Å². The second kappa shape index (κ2) is 8.90.